The van der Waals surface area contributed by atoms with Crippen LogP contribution < -0.4 is 5.73 Å². The fraction of sp³-hybridized carbons (Fsp3) is 0.308. The van der Waals surface area contributed by atoms with Gasteiger partial charge in [0.2, 0.25) is 0 Å². The Morgan fingerprint density at radius 2 is 2.33 bits per heavy atom. The Labute approximate surface area is 115 Å². The van der Waals surface area contributed by atoms with Crippen LogP contribution in [0.1, 0.15) is 17.2 Å². The minimum atomic E-state index is 0.143. The van der Waals surface area contributed by atoms with Crippen molar-refractivity contribution in [1.29, 1.82) is 0 Å². The summed E-state index contributed by atoms with van der Waals surface area (Å²) in [6, 6.07) is 4.16. The van der Waals surface area contributed by atoms with Crippen molar-refractivity contribution in [3.63, 3.8) is 0 Å². The summed E-state index contributed by atoms with van der Waals surface area (Å²) in [7, 11) is 2.05. The van der Waals surface area contributed by atoms with E-state index in [9.17, 15) is 0 Å². The van der Waals surface area contributed by atoms with Gasteiger partial charge in [-0.25, -0.2) is 0 Å². The van der Waals surface area contributed by atoms with E-state index in [2.05, 4.69) is 31.9 Å². The number of hydrogen-bond acceptors (Lipinski definition) is 4. The first-order valence-electron chi connectivity index (χ1n) is 5.72. The van der Waals surface area contributed by atoms with E-state index < -0.39 is 0 Å². The number of nitrogens with two attached hydrogens (primary N) is 1. The Hall–Kier alpha value is -1.17. The highest BCUT2D eigenvalue weighted by Crippen LogP contribution is 2.22. The molecular weight excluding hydrogens is 294 g/mol. The van der Waals surface area contributed by atoms with Crippen LogP contribution in [0.25, 0.3) is 0 Å². The summed E-state index contributed by atoms with van der Waals surface area (Å²) < 4.78 is 6.04. The van der Waals surface area contributed by atoms with Gasteiger partial charge in [-0.05, 0) is 40.7 Å². The highest BCUT2D eigenvalue weighted by atomic mass is 79.9. The number of furan rings is 1. The zero-order valence-electron chi connectivity index (χ0n) is 10.2. The topological polar surface area (TPSA) is 55.3 Å². The number of likely N-dealkylation sites (N-methyl/N-ethyl adjacent to an activating group) is 1. The predicted octanol–water partition coefficient (Wildman–Crippen LogP) is 2.57. The molecule has 2 heterocycles. The molecule has 2 aromatic rings. The zero-order valence-corrected chi connectivity index (χ0v) is 11.8. The molecule has 0 bridgehead atoms. The lowest BCUT2D eigenvalue weighted by molar-refractivity contribution is 0.240. The molecule has 0 aliphatic carbocycles. The number of nitrogens with zero attached hydrogens (tertiary/aromatic N) is 2. The van der Waals surface area contributed by atoms with Gasteiger partial charge in [0.15, 0.2) is 0 Å². The van der Waals surface area contributed by atoms with Crippen LogP contribution in [0.4, 0.5) is 0 Å². The van der Waals surface area contributed by atoms with Gasteiger partial charge in [0.1, 0.15) is 0 Å². The maximum atomic E-state index is 5.88. The van der Waals surface area contributed by atoms with Gasteiger partial charge < -0.3 is 10.2 Å². The maximum Gasteiger partial charge on any atom is 0.0947 e. The van der Waals surface area contributed by atoms with E-state index in [-0.39, 0.29) is 6.04 Å². The largest absolute Gasteiger partial charge is 0.472 e. The van der Waals surface area contributed by atoms with Crippen molar-refractivity contribution >= 4 is 15.9 Å². The van der Waals surface area contributed by atoms with Crippen molar-refractivity contribution in [2.24, 2.45) is 5.73 Å². The molecule has 2 N–H and O–H groups in total. The minimum absolute atomic E-state index is 0.143. The molecular formula is C13H16BrN3O. The number of halogens is 1. The second kappa shape index (κ2) is 6.13. The van der Waals surface area contributed by atoms with Crippen LogP contribution in [0.15, 0.2) is 45.9 Å². The highest BCUT2D eigenvalue weighted by Gasteiger charge is 2.16. The molecule has 0 fully saturated rings. The smallest absolute Gasteiger partial charge is 0.0947 e. The van der Waals surface area contributed by atoms with Crippen molar-refractivity contribution in [3.05, 3.63) is 52.7 Å². The van der Waals surface area contributed by atoms with Gasteiger partial charge in [-0.1, -0.05) is 0 Å². The van der Waals surface area contributed by atoms with E-state index in [0.29, 0.717) is 6.54 Å². The van der Waals surface area contributed by atoms with Crippen molar-refractivity contribution in [1.82, 2.24) is 9.88 Å². The zero-order chi connectivity index (χ0) is 13.0. The molecule has 0 spiro atoms. The van der Waals surface area contributed by atoms with Gasteiger partial charge in [-0.15, -0.1) is 0 Å². The highest BCUT2D eigenvalue weighted by molar-refractivity contribution is 9.10. The molecule has 0 saturated carbocycles. The molecule has 4 nitrogen and oxygen atoms in total. The summed E-state index contributed by atoms with van der Waals surface area (Å²) >= 11 is 3.43. The van der Waals surface area contributed by atoms with E-state index in [1.54, 1.807) is 18.7 Å². The third-order valence-corrected chi connectivity index (χ3v) is 3.31. The van der Waals surface area contributed by atoms with Crippen molar-refractivity contribution < 1.29 is 4.42 Å². The summed E-state index contributed by atoms with van der Waals surface area (Å²) in [5, 5.41) is 0. The quantitative estimate of drug-likeness (QED) is 0.922. The summed E-state index contributed by atoms with van der Waals surface area (Å²) in [6.07, 6.45) is 7.06. The molecule has 2 aromatic heterocycles. The molecule has 1 atom stereocenters. The molecule has 1 unspecified atom stereocenters. The average Bonchev–Trinajstić information content (AvgIpc) is 2.83. The normalized spacial score (nSPS) is 12.9. The Morgan fingerprint density at radius 1 is 1.50 bits per heavy atom. The molecule has 0 amide bonds. The third kappa shape index (κ3) is 3.19. The standard InChI is InChI=1S/C13H16BrN3O/c1-17(8-10-2-3-18-9-10)13(5-15)11-4-12(14)7-16-6-11/h2-4,6-7,9,13H,5,8,15H2,1H3. The van der Waals surface area contributed by atoms with Gasteiger partial charge in [0.25, 0.3) is 0 Å². The number of hydrogen-bond donors (Lipinski definition) is 1. The van der Waals surface area contributed by atoms with Crippen LogP contribution in [0.5, 0.6) is 0 Å². The van der Waals surface area contributed by atoms with Gasteiger partial charge in [-0.3, -0.25) is 9.88 Å². The molecule has 18 heavy (non-hydrogen) atoms. The second-order valence-corrected chi connectivity index (χ2v) is 5.15. The number of rotatable bonds is 5. The van der Waals surface area contributed by atoms with Gasteiger partial charge >= 0.3 is 0 Å². The van der Waals surface area contributed by atoms with E-state index in [4.69, 9.17) is 10.2 Å². The van der Waals surface area contributed by atoms with Crippen molar-refractivity contribution in [2.75, 3.05) is 13.6 Å². The Morgan fingerprint density at radius 3 is 2.94 bits per heavy atom. The lowest BCUT2D eigenvalue weighted by atomic mass is 10.1. The molecule has 2 rings (SSSR count). The van der Waals surface area contributed by atoms with Gasteiger partial charge in [-0.2, -0.15) is 0 Å². The van der Waals surface area contributed by atoms with Crippen LogP contribution in [-0.2, 0) is 6.54 Å². The molecule has 96 valence electrons. The average molecular weight is 310 g/mol. The van der Waals surface area contributed by atoms with Crippen LogP contribution in [-0.4, -0.2) is 23.5 Å². The fourth-order valence-electron chi connectivity index (χ4n) is 1.96. The molecule has 0 radical (unpaired) electrons. The molecule has 0 aliphatic rings. The van der Waals surface area contributed by atoms with E-state index in [1.165, 1.54) is 0 Å². The Kier molecular flexibility index (Phi) is 4.52. The minimum Gasteiger partial charge on any atom is -0.472 e. The first-order chi connectivity index (χ1) is 8.70. The SMILES string of the molecule is CN(Cc1ccoc1)C(CN)c1cncc(Br)c1. The monoisotopic (exact) mass is 309 g/mol. The Balaban J connectivity index is 2.12. The van der Waals surface area contributed by atoms with E-state index >= 15 is 0 Å². The van der Waals surface area contributed by atoms with Crippen molar-refractivity contribution in [3.8, 4) is 0 Å². The third-order valence-electron chi connectivity index (χ3n) is 2.88. The van der Waals surface area contributed by atoms with E-state index in [1.807, 2.05) is 19.3 Å². The van der Waals surface area contributed by atoms with Crippen LogP contribution in [0, 0.1) is 0 Å². The predicted molar refractivity (Wildman–Crippen MR) is 73.9 cm³/mol. The van der Waals surface area contributed by atoms with E-state index in [0.717, 1.165) is 22.1 Å². The summed E-state index contributed by atoms with van der Waals surface area (Å²) in [4.78, 5) is 6.37. The Bertz CT molecular complexity index is 487. The lowest BCUT2D eigenvalue weighted by Crippen LogP contribution is -2.30. The van der Waals surface area contributed by atoms with Gasteiger partial charge in [0.05, 0.1) is 12.5 Å². The second-order valence-electron chi connectivity index (χ2n) is 4.23. The van der Waals surface area contributed by atoms with Gasteiger partial charge in [0, 0.05) is 41.6 Å². The first kappa shape index (κ1) is 13.3. The van der Waals surface area contributed by atoms with Crippen molar-refractivity contribution in [2.45, 2.75) is 12.6 Å². The maximum absolute atomic E-state index is 5.88. The summed E-state index contributed by atoms with van der Waals surface area (Å²) in [5.74, 6) is 0. The number of pyridine rings is 1. The lowest BCUT2D eigenvalue weighted by Gasteiger charge is -2.26. The fourth-order valence-corrected chi connectivity index (χ4v) is 2.34. The molecule has 5 heteroatoms. The molecule has 0 aromatic carbocycles. The first-order valence-corrected chi connectivity index (χ1v) is 6.52. The number of aromatic nitrogens is 1. The molecule has 0 aliphatic heterocycles. The van der Waals surface area contributed by atoms with Crippen LogP contribution in [0.2, 0.25) is 0 Å². The molecule has 0 saturated heterocycles. The van der Waals surface area contributed by atoms with Crippen LogP contribution >= 0.6 is 15.9 Å². The summed E-state index contributed by atoms with van der Waals surface area (Å²) in [5.41, 5.74) is 8.12. The van der Waals surface area contributed by atoms with Crippen LogP contribution in [0.3, 0.4) is 0 Å². The summed E-state index contributed by atoms with van der Waals surface area (Å²) in [6.45, 7) is 1.34.